The van der Waals surface area contributed by atoms with Crippen LogP contribution in [0.4, 0.5) is 0 Å². The number of aromatic amines is 1. The van der Waals surface area contributed by atoms with Gasteiger partial charge in [0.25, 0.3) is 5.56 Å². The fourth-order valence-corrected chi connectivity index (χ4v) is 5.29. The molecule has 1 N–H and O–H groups in total. The molecular formula is C29H30ClN3O. The lowest BCUT2D eigenvalue weighted by molar-refractivity contribution is 0.151. The fraction of sp³-hybridized carbons (Fsp3) is 0.310. The van der Waals surface area contributed by atoms with Crippen molar-refractivity contribution in [1.29, 1.82) is 0 Å². The molecule has 34 heavy (non-hydrogen) atoms. The number of benzene rings is 3. The van der Waals surface area contributed by atoms with Crippen molar-refractivity contribution in [3.8, 4) is 0 Å². The number of rotatable bonds is 6. The van der Waals surface area contributed by atoms with Crippen LogP contribution >= 0.6 is 11.6 Å². The van der Waals surface area contributed by atoms with Crippen LogP contribution in [0.1, 0.15) is 54.1 Å². The summed E-state index contributed by atoms with van der Waals surface area (Å²) >= 11 is 6.21. The minimum atomic E-state index is -0.0944. The monoisotopic (exact) mass is 471 g/mol. The zero-order valence-electron chi connectivity index (χ0n) is 19.5. The van der Waals surface area contributed by atoms with Gasteiger partial charge in [0.1, 0.15) is 5.69 Å². The number of hydrogen-bond acceptors (Lipinski definition) is 3. The van der Waals surface area contributed by atoms with Gasteiger partial charge < -0.3 is 4.98 Å². The van der Waals surface area contributed by atoms with Gasteiger partial charge in [0.2, 0.25) is 0 Å². The van der Waals surface area contributed by atoms with Gasteiger partial charge in [-0.25, -0.2) is 4.98 Å². The molecule has 1 aliphatic rings. The zero-order valence-corrected chi connectivity index (χ0v) is 20.3. The first kappa shape index (κ1) is 22.8. The molecule has 174 valence electrons. The molecule has 1 fully saturated rings. The smallest absolute Gasteiger partial charge is 0.270 e. The molecule has 1 atom stereocenters. The van der Waals surface area contributed by atoms with Crippen molar-refractivity contribution < 1.29 is 0 Å². The zero-order chi connectivity index (χ0) is 23.5. The molecule has 3 aromatic carbocycles. The molecule has 5 heteroatoms. The van der Waals surface area contributed by atoms with E-state index in [2.05, 4.69) is 69.5 Å². The largest absolute Gasteiger partial charge is 0.319 e. The fourth-order valence-electron chi connectivity index (χ4n) is 5.17. The maximum absolute atomic E-state index is 12.1. The number of likely N-dealkylation sites (tertiary alicyclic amines) is 1. The van der Waals surface area contributed by atoms with Crippen molar-refractivity contribution in [2.75, 3.05) is 13.1 Å². The molecule has 4 aromatic rings. The summed E-state index contributed by atoms with van der Waals surface area (Å²) < 4.78 is 0. The Bertz CT molecular complexity index is 1310. The molecule has 1 saturated heterocycles. The van der Waals surface area contributed by atoms with Crippen molar-refractivity contribution in [3.05, 3.63) is 111 Å². The van der Waals surface area contributed by atoms with Crippen LogP contribution in [0.2, 0.25) is 5.02 Å². The van der Waals surface area contributed by atoms with Crippen molar-refractivity contribution in [2.45, 2.75) is 44.6 Å². The van der Waals surface area contributed by atoms with Crippen molar-refractivity contribution in [3.63, 3.8) is 0 Å². The van der Waals surface area contributed by atoms with Crippen LogP contribution in [0.5, 0.6) is 0 Å². The van der Waals surface area contributed by atoms with E-state index in [0.29, 0.717) is 18.0 Å². The number of nitrogens with zero attached hydrogens (tertiary/aromatic N) is 2. The van der Waals surface area contributed by atoms with Gasteiger partial charge in [-0.2, -0.15) is 0 Å². The number of halogens is 1. The summed E-state index contributed by atoms with van der Waals surface area (Å²) in [6.07, 6.45) is 3.83. The highest BCUT2D eigenvalue weighted by Gasteiger charge is 2.27. The molecule has 1 aliphatic heterocycles. The first-order chi connectivity index (χ1) is 16.6. The van der Waals surface area contributed by atoms with Gasteiger partial charge in [-0.1, -0.05) is 67.1 Å². The average Bonchev–Trinajstić information content (AvgIpc) is 2.88. The van der Waals surface area contributed by atoms with E-state index in [0.717, 1.165) is 48.4 Å². The van der Waals surface area contributed by atoms with Gasteiger partial charge in [-0.05, 0) is 85.6 Å². The SMILES string of the molecule is CCc1nc2cc(CC(c3ccc(Cl)cc3)N3CCC(c4ccccc4)CC3)ccc2[nH]c1=O. The Morgan fingerprint density at radius 1 is 1.03 bits per heavy atom. The number of nitrogens with one attached hydrogen (secondary N) is 1. The van der Waals surface area contributed by atoms with Crippen molar-refractivity contribution in [2.24, 2.45) is 0 Å². The Balaban J connectivity index is 1.41. The highest BCUT2D eigenvalue weighted by atomic mass is 35.5. The summed E-state index contributed by atoms with van der Waals surface area (Å²) in [7, 11) is 0. The van der Waals surface area contributed by atoms with Crippen molar-refractivity contribution >= 4 is 22.6 Å². The summed E-state index contributed by atoms with van der Waals surface area (Å²) in [5.41, 5.74) is 6.09. The third kappa shape index (κ3) is 4.94. The van der Waals surface area contributed by atoms with E-state index in [4.69, 9.17) is 11.6 Å². The Morgan fingerprint density at radius 3 is 2.47 bits per heavy atom. The summed E-state index contributed by atoms with van der Waals surface area (Å²) in [5, 5.41) is 0.760. The molecule has 1 aromatic heterocycles. The summed E-state index contributed by atoms with van der Waals surface area (Å²) in [4.78, 5) is 22.4. The predicted octanol–water partition coefficient (Wildman–Crippen LogP) is 6.30. The van der Waals surface area contributed by atoms with E-state index < -0.39 is 0 Å². The van der Waals surface area contributed by atoms with Crippen molar-refractivity contribution in [1.82, 2.24) is 14.9 Å². The summed E-state index contributed by atoms with van der Waals surface area (Å²) in [6.45, 7) is 4.08. The molecule has 0 spiro atoms. The molecule has 0 saturated carbocycles. The van der Waals surface area contributed by atoms with E-state index >= 15 is 0 Å². The lowest BCUT2D eigenvalue weighted by atomic mass is 9.87. The number of aryl methyl sites for hydroxylation is 1. The van der Waals surface area contributed by atoms with E-state index in [1.807, 2.05) is 25.1 Å². The maximum atomic E-state index is 12.1. The van der Waals surface area contributed by atoms with Crippen LogP contribution in [0.25, 0.3) is 11.0 Å². The topological polar surface area (TPSA) is 49.0 Å². The van der Waals surface area contributed by atoms with E-state index in [1.54, 1.807) is 0 Å². The lowest BCUT2D eigenvalue weighted by Crippen LogP contribution is -2.37. The highest BCUT2D eigenvalue weighted by Crippen LogP contribution is 2.34. The Labute approximate surface area is 205 Å². The molecule has 5 rings (SSSR count). The van der Waals surface area contributed by atoms with E-state index in [1.165, 1.54) is 16.7 Å². The number of H-pyrrole nitrogens is 1. The van der Waals surface area contributed by atoms with Crippen LogP contribution in [0, 0.1) is 0 Å². The number of hydrogen-bond donors (Lipinski definition) is 1. The van der Waals surface area contributed by atoms with Gasteiger partial charge in [0.05, 0.1) is 11.0 Å². The van der Waals surface area contributed by atoms with E-state index in [-0.39, 0.29) is 11.6 Å². The molecule has 0 radical (unpaired) electrons. The summed E-state index contributed by atoms with van der Waals surface area (Å²) in [5.74, 6) is 0.623. The molecule has 0 amide bonds. The van der Waals surface area contributed by atoms with Crippen LogP contribution in [0.15, 0.2) is 77.6 Å². The van der Waals surface area contributed by atoms with Gasteiger partial charge in [-0.3, -0.25) is 9.69 Å². The third-order valence-corrected chi connectivity index (χ3v) is 7.34. The number of aromatic nitrogens is 2. The molecule has 0 aliphatic carbocycles. The second kappa shape index (κ2) is 10.1. The molecular weight excluding hydrogens is 442 g/mol. The first-order valence-corrected chi connectivity index (χ1v) is 12.5. The molecule has 0 bridgehead atoms. The number of fused-ring (bicyclic) bond motifs is 1. The number of piperidine rings is 1. The Morgan fingerprint density at radius 2 is 1.76 bits per heavy atom. The second-order valence-corrected chi connectivity index (χ2v) is 9.65. The highest BCUT2D eigenvalue weighted by molar-refractivity contribution is 6.30. The average molecular weight is 472 g/mol. The van der Waals surface area contributed by atoms with Crippen LogP contribution in [-0.4, -0.2) is 28.0 Å². The van der Waals surface area contributed by atoms with Crippen LogP contribution < -0.4 is 5.56 Å². The molecule has 4 nitrogen and oxygen atoms in total. The Hall–Kier alpha value is -2.95. The predicted molar refractivity (Wildman–Crippen MR) is 140 cm³/mol. The minimum Gasteiger partial charge on any atom is -0.319 e. The quantitative estimate of drug-likeness (QED) is 0.359. The third-order valence-electron chi connectivity index (χ3n) is 7.09. The normalized spacial score (nSPS) is 16.1. The van der Waals surface area contributed by atoms with E-state index in [9.17, 15) is 4.79 Å². The minimum absolute atomic E-state index is 0.0944. The van der Waals surface area contributed by atoms with Gasteiger partial charge in [-0.15, -0.1) is 0 Å². The Kier molecular flexibility index (Phi) is 6.80. The standard InChI is InChI=1S/C29H30ClN3O/c1-2-25-29(34)32-26-13-8-20(18-27(26)31-25)19-28(23-9-11-24(30)12-10-23)33-16-14-22(15-17-33)21-6-4-3-5-7-21/h3-13,18,22,28H,2,14-17,19H2,1H3,(H,32,34). The second-order valence-electron chi connectivity index (χ2n) is 9.21. The molecule has 2 heterocycles. The van der Waals surface area contributed by atoms with Gasteiger partial charge in [0.15, 0.2) is 0 Å². The van der Waals surface area contributed by atoms with Gasteiger partial charge in [0, 0.05) is 11.1 Å². The van der Waals surface area contributed by atoms with Gasteiger partial charge >= 0.3 is 0 Å². The van der Waals surface area contributed by atoms with Crippen LogP contribution in [0.3, 0.4) is 0 Å². The molecule has 1 unspecified atom stereocenters. The first-order valence-electron chi connectivity index (χ1n) is 12.2. The van der Waals surface area contributed by atoms with Crippen LogP contribution in [-0.2, 0) is 12.8 Å². The maximum Gasteiger partial charge on any atom is 0.270 e. The lowest BCUT2D eigenvalue weighted by Gasteiger charge is -2.38. The summed E-state index contributed by atoms with van der Waals surface area (Å²) in [6, 6.07) is 25.7.